The van der Waals surface area contributed by atoms with E-state index >= 15 is 0 Å². The summed E-state index contributed by atoms with van der Waals surface area (Å²) < 4.78 is 0. The second kappa shape index (κ2) is 5.41. The van der Waals surface area contributed by atoms with E-state index in [1.165, 1.54) is 17.7 Å². The molecule has 0 N–H and O–H groups in total. The van der Waals surface area contributed by atoms with E-state index in [0.717, 1.165) is 0 Å². The van der Waals surface area contributed by atoms with Gasteiger partial charge in [-0.05, 0) is 18.1 Å². The zero-order valence-electron chi connectivity index (χ0n) is 11.2. The topological polar surface area (TPSA) is 3.01 Å². The highest BCUT2D eigenvalue weighted by atomic mass is 15.3. The summed E-state index contributed by atoms with van der Waals surface area (Å²) in [5, 5.41) is 0. The molecule has 3 rings (SSSR count). The van der Waals surface area contributed by atoms with Crippen molar-refractivity contribution in [3.8, 4) is 0 Å². The smallest absolute Gasteiger partial charge is 0.0416 e. The molecule has 0 aliphatic carbocycles. The van der Waals surface area contributed by atoms with Crippen molar-refractivity contribution in [2.75, 3.05) is 6.54 Å². The Kier molecular flexibility index (Phi) is 3.47. The Hall–Kier alpha value is -1.86. The van der Waals surface area contributed by atoms with E-state index in [1.807, 2.05) is 0 Å². The van der Waals surface area contributed by atoms with Crippen molar-refractivity contribution in [2.24, 2.45) is 0 Å². The fourth-order valence-electron chi connectivity index (χ4n) is 2.49. The number of hydrogen-bond donors (Lipinski definition) is 0. The maximum absolute atomic E-state index is 2.51. The van der Waals surface area contributed by atoms with Gasteiger partial charge in [0.05, 0.1) is 0 Å². The normalized spacial score (nSPS) is 23.4. The van der Waals surface area contributed by atoms with Gasteiger partial charge in [0.1, 0.15) is 0 Å². The fraction of sp³-hybridized carbons (Fsp3) is 0.222. The van der Waals surface area contributed by atoms with E-state index in [9.17, 15) is 0 Å². The molecule has 1 fully saturated rings. The molecule has 96 valence electrons. The van der Waals surface area contributed by atoms with E-state index in [2.05, 4.69) is 84.6 Å². The van der Waals surface area contributed by atoms with Crippen LogP contribution in [0.4, 0.5) is 0 Å². The second-order valence-corrected chi connectivity index (χ2v) is 5.12. The van der Waals surface area contributed by atoms with Crippen LogP contribution < -0.4 is 0 Å². The number of benzene rings is 2. The van der Waals surface area contributed by atoms with Gasteiger partial charge >= 0.3 is 0 Å². The van der Waals surface area contributed by atoms with Crippen molar-refractivity contribution in [1.82, 2.24) is 4.90 Å². The minimum absolute atomic E-state index is 0.506. The highest BCUT2D eigenvalue weighted by molar-refractivity contribution is 5.50. The van der Waals surface area contributed by atoms with E-state index in [0.29, 0.717) is 12.1 Å². The lowest BCUT2D eigenvalue weighted by Gasteiger charge is -2.13. The Morgan fingerprint density at radius 2 is 1.63 bits per heavy atom. The average Bonchev–Trinajstić information content (AvgIpc) is 3.26. The average molecular weight is 249 g/mol. The number of hydrogen-bond acceptors (Lipinski definition) is 1. The lowest BCUT2D eigenvalue weighted by Crippen LogP contribution is -2.07. The molecule has 1 aliphatic rings. The van der Waals surface area contributed by atoms with Gasteiger partial charge in [0, 0.05) is 18.6 Å². The molecule has 2 aromatic rings. The third kappa shape index (κ3) is 2.94. The highest BCUT2D eigenvalue weighted by Gasteiger charge is 2.35. The van der Waals surface area contributed by atoms with Crippen LogP contribution in [-0.4, -0.2) is 17.5 Å². The molecule has 1 heterocycles. The van der Waals surface area contributed by atoms with Gasteiger partial charge in [-0.3, -0.25) is 4.90 Å². The summed E-state index contributed by atoms with van der Waals surface area (Å²) >= 11 is 0. The van der Waals surface area contributed by atoms with Gasteiger partial charge in [-0.15, -0.1) is 0 Å². The Bertz CT molecular complexity index is 544. The van der Waals surface area contributed by atoms with Crippen molar-refractivity contribution in [3.05, 3.63) is 77.9 Å². The minimum atomic E-state index is 0.506. The lowest BCUT2D eigenvalue weighted by molar-refractivity contribution is 0.424. The first kappa shape index (κ1) is 12.2. The molecular weight excluding hydrogens is 230 g/mol. The molecule has 1 saturated heterocycles. The molecule has 0 amide bonds. The van der Waals surface area contributed by atoms with Gasteiger partial charge in [0.25, 0.3) is 0 Å². The van der Waals surface area contributed by atoms with E-state index in [-0.39, 0.29) is 0 Å². The molecule has 0 bridgehead atoms. The van der Waals surface area contributed by atoms with Crippen LogP contribution in [0.15, 0.2) is 66.7 Å². The van der Waals surface area contributed by atoms with Crippen molar-refractivity contribution in [3.63, 3.8) is 0 Å². The van der Waals surface area contributed by atoms with Gasteiger partial charge in [-0.1, -0.05) is 72.8 Å². The van der Waals surface area contributed by atoms with Gasteiger partial charge in [0.2, 0.25) is 0 Å². The van der Waals surface area contributed by atoms with Crippen LogP contribution in [0.25, 0.3) is 6.08 Å². The summed E-state index contributed by atoms with van der Waals surface area (Å²) in [4.78, 5) is 2.51. The third-order valence-electron chi connectivity index (χ3n) is 3.78. The molecule has 0 spiro atoms. The van der Waals surface area contributed by atoms with Crippen molar-refractivity contribution < 1.29 is 0 Å². The molecule has 1 unspecified atom stereocenters. The van der Waals surface area contributed by atoms with Crippen LogP contribution >= 0.6 is 0 Å². The van der Waals surface area contributed by atoms with Crippen LogP contribution in [0.5, 0.6) is 0 Å². The summed E-state index contributed by atoms with van der Waals surface area (Å²) in [7, 11) is 0. The largest absolute Gasteiger partial charge is 0.287 e. The van der Waals surface area contributed by atoms with Gasteiger partial charge in [0.15, 0.2) is 0 Å². The molecule has 3 atom stereocenters. The van der Waals surface area contributed by atoms with Crippen LogP contribution in [-0.2, 0) is 0 Å². The third-order valence-corrected chi connectivity index (χ3v) is 3.78. The molecule has 0 aromatic heterocycles. The van der Waals surface area contributed by atoms with Crippen molar-refractivity contribution in [1.29, 1.82) is 0 Å². The zero-order chi connectivity index (χ0) is 13.1. The van der Waals surface area contributed by atoms with E-state index < -0.39 is 0 Å². The summed E-state index contributed by atoms with van der Waals surface area (Å²) in [6, 6.07) is 22.3. The molecule has 2 aromatic carbocycles. The Morgan fingerprint density at radius 1 is 1.00 bits per heavy atom. The molecule has 0 radical (unpaired) electrons. The quantitative estimate of drug-likeness (QED) is 0.736. The van der Waals surface area contributed by atoms with E-state index in [1.54, 1.807) is 0 Å². The predicted octanol–water partition coefficient (Wildman–Crippen LogP) is 4.15. The first-order valence-electron chi connectivity index (χ1n) is 6.88. The monoisotopic (exact) mass is 249 g/mol. The summed E-state index contributed by atoms with van der Waals surface area (Å²) in [6.45, 7) is 3.45. The van der Waals surface area contributed by atoms with Gasteiger partial charge in [-0.25, -0.2) is 0 Å². The Morgan fingerprint density at radius 3 is 2.32 bits per heavy atom. The van der Waals surface area contributed by atoms with Crippen molar-refractivity contribution in [2.45, 2.75) is 19.0 Å². The maximum Gasteiger partial charge on any atom is 0.0416 e. The van der Waals surface area contributed by atoms with Gasteiger partial charge in [-0.2, -0.15) is 0 Å². The molecule has 19 heavy (non-hydrogen) atoms. The second-order valence-electron chi connectivity index (χ2n) is 5.12. The Balaban J connectivity index is 1.61. The summed E-state index contributed by atoms with van der Waals surface area (Å²) in [5.74, 6) is 0. The first-order chi connectivity index (χ1) is 9.34. The lowest BCUT2D eigenvalue weighted by atomic mass is 10.1. The van der Waals surface area contributed by atoms with Crippen LogP contribution in [0.2, 0.25) is 0 Å². The highest BCUT2D eigenvalue weighted by Crippen LogP contribution is 2.32. The maximum atomic E-state index is 2.51. The molecule has 1 nitrogen and oxygen atoms in total. The van der Waals surface area contributed by atoms with E-state index in [4.69, 9.17) is 0 Å². The fourth-order valence-corrected chi connectivity index (χ4v) is 2.49. The predicted molar refractivity (Wildman–Crippen MR) is 80.8 cm³/mol. The number of rotatable bonds is 4. The molecule has 1 aliphatic heterocycles. The molecule has 1 heteroatoms. The zero-order valence-corrected chi connectivity index (χ0v) is 11.2. The van der Waals surface area contributed by atoms with Crippen LogP contribution in [0, 0.1) is 0 Å². The molecule has 0 saturated carbocycles. The summed E-state index contributed by atoms with van der Waals surface area (Å²) in [5.41, 5.74) is 2.68. The molecular formula is C18H19N. The van der Waals surface area contributed by atoms with Gasteiger partial charge < -0.3 is 0 Å². The van der Waals surface area contributed by atoms with Crippen LogP contribution in [0.1, 0.15) is 24.1 Å². The minimum Gasteiger partial charge on any atom is -0.287 e. The standard InChI is InChI=1S/C18H19N/c1-15(17-10-6-3-7-11-17)19-14-18(19)13-12-16-8-4-2-5-9-16/h2-13,15,18H,14H2,1H3/b13-12+/t15-,18-,19?/m1/s1. The Labute approximate surface area is 115 Å². The van der Waals surface area contributed by atoms with Crippen LogP contribution in [0.3, 0.4) is 0 Å². The van der Waals surface area contributed by atoms with Crippen molar-refractivity contribution >= 4 is 6.08 Å². The SMILES string of the molecule is C[C@H](c1ccccc1)N1C[C@H]1/C=C/c1ccccc1. The number of nitrogens with zero attached hydrogens (tertiary/aromatic N) is 1. The first-order valence-corrected chi connectivity index (χ1v) is 6.88. The summed E-state index contributed by atoms with van der Waals surface area (Å²) in [6.07, 6.45) is 4.54.